The lowest BCUT2D eigenvalue weighted by atomic mass is 10.1. The predicted molar refractivity (Wildman–Crippen MR) is 64.2 cm³/mol. The Morgan fingerprint density at radius 2 is 2.33 bits per heavy atom. The number of nitrogens with zero attached hydrogens (tertiary/aromatic N) is 1. The van der Waals surface area contributed by atoms with Crippen molar-refractivity contribution in [3.8, 4) is 0 Å². The van der Waals surface area contributed by atoms with Gasteiger partial charge in [0.05, 0.1) is 6.10 Å². The van der Waals surface area contributed by atoms with Crippen molar-refractivity contribution in [1.29, 1.82) is 0 Å². The van der Waals surface area contributed by atoms with Crippen LogP contribution in [0, 0.1) is 0 Å². The van der Waals surface area contributed by atoms with Crippen molar-refractivity contribution in [3.05, 3.63) is 0 Å². The maximum absolute atomic E-state index is 5.77. The smallest absolute Gasteiger partial charge is 0.0671 e. The SMILES string of the molecule is CCNCC(C)OCCC1CCCN1C. The molecule has 2 unspecified atom stereocenters. The van der Waals surface area contributed by atoms with Gasteiger partial charge in [-0.2, -0.15) is 0 Å². The summed E-state index contributed by atoms with van der Waals surface area (Å²) in [6.07, 6.45) is 4.24. The van der Waals surface area contributed by atoms with Gasteiger partial charge in [0.15, 0.2) is 0 Å². The lowest BCUT2D eigenvalue weighted by molar-refractivity contribution is 0.0541. The first-order chi connectivity index (χ1) is 7.24. The molecule has 1 fully saturated rings. The van der Waals surface area contributed by atoms with E-state index in [0.717, 1.165) is 25.7 Å². The van der Waals surface area contributed by atoms with E-state index in [0.29, 0.717) is 6.10 Å². The highest BCUT2D eigenvalue weighted by molar-refractivity contribution is 4.75. The van der Waals surface area contributed by atoms with E-state index in [2.05, 4.69) is 31.1 Å². The second kappa shape index (κ2) is 7.20. The van der Waals surface area contributed by atoms with Crippen LogP contribution in [0.15, 0.2) is 0 Å². The number of likely N-dealkylation sites (tertiary alicyclic amines) is 1. The Balaban J connectivity index is 2.00. The van der Waals surface area contributed by atoms with Crippen LogP contribution in [0.4, 0.5) is 0 Å². The lowest BCUT2D eigenvalue weighted by Gasteiger charge is -2.20. The maximum atomic E-state index is 5.77. The molecule has 15 heavy (non-hydrogen) atoms. The van der Waals surface area contributed by atoms with Crippen LogP contribution in [0.5, 0.6) is 0 Å². The molecule has 0 aromatic carbocycles. The zero-order chi connectivity index (χ0) is 11.1. The van der Waals surface area contributed by atoms with Crippen LogP contribution in [0.1, 0.15) is 33.1 Å². The zero-order valence-electron chi connectivity index (χ0n) is 10.5. The van der Waals surface area contributed by atoms with Crippen LogP contribution >= 0.6 is 0 Å². The van der Waals surface area contributed by atoms with Crippen LogP contribution < -0.4 is 5.32 Å². The highest BCUT2D eigenvalue weighted by atomic mass is 16.5. The van der Waals surface area contributed by atoms with Gasteiger partial charge in [-0.3, -0.25) is 0 Å². The van der Waals surface area contributed by atoms with Crippen molar-refractivity contribution in [2.45, 2.75) is 45.3 Å². The number of likely N-dealkylation sites (N-methyl/N-ethyl adjacent to an activating group) is 1. The van der Waals surface area contributed by atoms with E-state index in [4.69, 9.17) is 4.74 Å². The molecule has 1 saturated heterocycles. The van der Waals surface area contributed by atoms with Gasteiger partial charge in [-0.15, -0.1) is 0 Å². The third-order valence-electron chi connectivity index (χ3n) is 3.21. The number of ether oxygens (including phenoxy) is 1. The van der Waals surface area contributed by atoms with Gasteiger partial charge in [-0.25, -0.2) is 0 Å². The molecule has 0 radical (unpaired) electrons. The Kier molecular flexibility index (Phi) is 6.22. The molecule has 1 N–H and O–H groups in total. The fourth-order valence-electron chi connectivity index (χ4n) is 2.16. The van der Waals surface area contributed by atoms with E-state index in [1.54, 1.807) is 0 Å². The summed E-state index contributed by atoms with van der Waals surface area (Å²) in [5, 5.41) is 3.30. The van der Waals surface area contributed by atoms with Crippen molar-refractivity contribution < 1.29 is 4.74 Å². The van der Waals surface area contributed by atoms with Crippen LogP contribution in [0.3, 0.4) is 0 Å². The number of hydrogen-bond acceptors (Lipinski definition) is 3. The van der Waals surface area contributed by atoms with Gasteiger partial charge in [0.25, 0.3) is 0 Å². The monoisotopic (exact) mass is 214 g/mol. The molecule has 0 aliphatic carbocycles. The fourth-order valence-corrected chi connectivity index (χ4v) is 2.16. The van der Waals surface area contributed by atoms with Gasteiger partial charge in [0.1, 0.15) is 0 Å². The standard InChI is InChI=1S/C12H26N2O/c1-4-13-10-11(2)15-9-7-12-6-5-8-14(12)3/h11-13H,4-10H2,1-3H3. The summed E-state index contributed by atoms with van der Waals surface area (Å²) in [6, 6.07) is 0.760. The molecule has 3 nitrogen and oxygen atoms in total. The summed E-state index contributed by atoms with van der Waals surface area (Å²) in [7, 11) is 2.22. The Labute approximate surface area is 94.2 Å². The minimum Gasteiger partial charge on any atom is -0.377 e. The quantitative estimate of drug-likeness (QED) is 0.695. The minimum absolute atomic E-state index is 0.344. The first-order valence-corrected chi connectivity index (χ1v) is 6.26. The highest BCUT2D eigenvalue weighted by Crippen LogP contribution is 2.17. The average molecular weight is 214 g/mol. The van der Waals surface area contributed by atoms with E-state index in [9.17, 15) is 0 Å². The van der Waals surface area contributed by atoms with Crippen LogP contribution in [0.25, 0.3) is 0 Å². The molecule has 0 amide bonds. The zero-order valence-corrected chi connectivity index (χ0v) is 10.5. The van der Waals surface area contributed by atoms with Crippen molar-refractivity contribution >= 4 is 0 Å². The van der Waals surface area contributed by atoms with Crippen molar-refractivity contribution in [2.75, 3.05) is 33.3 Å². The molecule has 1 aliphatic rings. The van der Waals surface area contributed by atoms with Gasteiger partial charge in [0.2, 0.25) is 0 Å². The number of hydrogen-bond donors (Lipinski definition) is 1. The Hall–Kier alpha value is -0.120. The number of rotatable bonds is 7. The molecule has 1 rings (SSSR count). The van der Waals surface area contributed by atoms with Crippen LogP contribution in [0.2, 0.25) is 0 Å². The normalized spacial score (nSPS) is 24.6. The van der Waals surface area contributed by atoms with E-state index >= 15 is 0 Å². The van der Waals surface area contributed by atoms with Crippen molar-refractivity contribution in [2.24, 2.45) is 0 Å². The average Bonchev–Trinajstić information content (AvgIpc) is 2.61. The van der Waals surface area contributed by atoms with Crippen LogP contribution in [-0.4, -0.2) is 50.3 Å². The van der Waals surface area contributed by atoms with E-state index in [-0.39, 0.29) is 0 Å². The maximum Gasteiger partial charge on any atom is 0.0671 e. The van der Waals surface area contributed by atoms with E-state index < -0.39 is 0 Å². The summed E-state index contributed by atoms with van der Waals surface area (Å²) in [5.74, 6) is 0. The summed E-state index contributed by atoms with van der Waals surface area (Å²) in [6.45, 7) is 8.43. The molecule has 2 atom stereocenters. The summed E-state index contributed by atoms with van der Waals surface area (Å²) >= 11 is 0. The third-order valence-corrected chi connectivity index (χ3v) is 3.21. The highest BCUT2D eigenvalue weighted by Gasteiger charge is 2.20. The molecule has 3 heteroatoms. The Morgan fingerprint density at radius 1 is 1.53 bits per heavy atom. The molecular weight excluding hydrogens is 188 g/mol. The third kappa shape index (κ3) is 4.96. The summed E-state index contributed by atoms with van der Waals surface area (Å²) in [5.41, 5.74) is 0. The molecule has 1 aliphatic heterocycles. The van der Waals surface area contributed by atoms with Crippen LogP contribution in [-0.2, 0) is 4.74 Å². The largest absolute Gasteiger partial charge is 0.377 e. The minimum atomic E-state index is 0.344. The van der Waals surface area contributed by atoms with Gasteiger partial charge in [-0.05, 0) is 46.3 Å². The molecule has 0 aromatic rings. The fraction of sp³-hybridized carbons (Fsp3) is 1.00. The molecular formula is C12H26N2O. The van der Waals surface area contributed by atoms with Gasteiger partial charge in [0, 0.05) is 19.2 Å². The molecule has 0 bridgehead atoms. The van der Waals surface area contributed by atoms with Gasteiger partial charge < -0.3 is 15.0 Å². The van der Waals surface area contributed by atoms with Gasteiger partial charge >= 0.3 is 0 Å². The van der Waals surface area contributed by atoms with E-state index in [1.165, 1.54) is 25.8 Å². The molecule has 90 valence electrons. The molecule has 1 heterocycles. The lowest BCUT2D eigenvalue weighted by Crippen LogP contribution is -2.29. The van der Waals surface area contributed by atoms with Crippen molar-refractivity contribution in [1.82, 2.24) is 10.2 Å². The van der Waals surface area contributed by atoms with Gasteiger partial charge in [-0.1, -0.05) is 6.92 Å². The topological polar surface area (TPSA) is 24.5 Å². The number of nitrogens with one attached hydrogen (secondary N) is 1. The molecule has 0 saturated carbocycles. The summed E-state index contributed by atoms with van der Waals surface area (Å²) < 4.78 is 5.77. The molecule has 0 aromatic heterocycles. The molecule has 0 spiro atoms. The predicted octanol–water partition coefficient (Wildman–Crippen LogP) is 1.49. The second-order valence-electron chi connectivity index (χ2n) is 4.55. The summed E-state index contributed by atoms with van der Waals surface area (Å²) in [4.78, 5) is 2.46. The Morgan fingerprint density at radius 3 is 2.93 bits per heavy atom. The first kappa shape index (κ1) is 12.9. The van der Waals surface area contributed by atoms with Crippen molar-refractivity contribution in [3.63, 3.8) is 0 Å². The van der Waals surface area contributed by atoms with E-state index in [1.807, 2.05) is 0 Å². The Bertz CT molecular complexity index is 164. The first-order valence-electron chi connectivity index (χ1n) is 6.26. The second-order valence-corrected chi connectivity index (χ2v) is 4.55.